The average molecular weight is 228 g/mol. The van der Waals surface area contributed by atoms with Crippen molar-refractivity contribution in [2.75, 3.05) is 11.9 Å². The number of ether oxygens (including phenoxy) is 1. The number of fused-ring (bicyclic) bond motifs is 1. The highest BCUT2D eigenvalue weighted by Crippen LogP contribution is 2.25. The van der Waals surface area contributed by atoms with Gasteiger partial charge in [-0.1, -0.05) is 18.2 Å². The van der Waals surface area contributed by atoms with Gasteiger partial charge in [0.05, 0.1) is 6.61 Å². The number of nitrogens with one attached hydrogen (secondary N) is 1. The van der Waals surface area contributed by atoms with Crippen LogP contribution in [0, 0.1) is 0 Å². The second-order valence-electron chi connectivity index (χ2n) is 3.31. The van der Waals surface area contributed by atoms with E-state index in [1.54, 1.807) is 0 Å². The predicted molar refractivity (Wildman–Crippen MR) is 61.4 cm³/mol. The van der Waals surface area contributed by atoms with Crippen LogP contribution < -0.4 is 5.32 Å². The molecule has 0 aromatic heterocycles. The molecule has 1 aromatic carbocycles. The van der Waals surface area contributed by atoms with Gasteiger partial charge in [0.1, 0.15) is 6.04 Å². The van der Waals surface area contributed by atoms with Gasteiger partial charge >= 0.3 is 5.97 Å². The van der Waals surface area contributed by atoms with Gasteiger partial charge in [-0.25, -0.2) is 4.79 Å². The topological polar surface area (TPSA) is 38.3 Å². The molecular formula is C11H14ClNO2. The number of hydrogen-bond acceptors (Lipinski definition) is 3. The zero-order valence-corrected chi connectivity index (χ0v) is 9.34. The van der Waals surface area contributed by atoms with E-state index in [-0.39, 0.29) is 24.4 Å². The van der Waals surface area contributed by atoms with Crippen LogP contribution in [0.15, 0.2) is 24.3 Å². The SMILES string of the molecule is CCOC(=O)[C@@H]1Cc2ccccc2N1.Cl. The standard InChI is InChI=1S/C11H13NO2.ClH/c1-2-14-11(13)10-7-8-5-3-4-6-9(8)12-10;/h3-6,10,12H,2,7H2,1H3;1H/t10-;/m0./s1. The molecule has 2 rings (SSSR count). The molecule has 0 aliphatic carbocycles. The Kier molecular flexibility index (Phi) is 3.97. The molecule has 0 spiro atoms. The van der Waals surface area contributed by atoms with Crippen LogP contribution in [0.25, 0.3) is 0 Å². The van der Waals surface area contributed by atoms with Crippen LogP contribution in [0.3, 0.4) is 0 Å². The summed E-state index contributed by atoms with van der Waals surface area (Å²) in [6.07, 6.45) is 0.731. The first kappa shape index (κ1) is 11.9. The van der Waals surface area contributed by atoms with Crippen LogP contribution in [-0.2, 0) is 16.0 Å². The lowest BCUT2D eigenvalue weighted by Gasteiger charge is -2.09. The highest BCUT2D eigenvalue weighted by Gasteiger charge is 2.26. The van der Waals surface area contributed by atoms with Crippen LogP contribution in [0.2, 0.25) is 0 Å². The Labute approximate surface area is 95.2 Å². The van der Waals surface area contributed by atoms with E-state index in [1.165, 1.54) is 5.56 Å². The van der Waals surface area contributed by atoms with Crippen molar-refractivity contribution in [1.29, 1.82) is 0 Å². The Morgan fingerprint density at radius 3 is 2.93 bits per heavy atom. The van der Waals surface area contributed by atoms with Crippen LogP contribution in [0.5, 0.6) is 0 Å². The van der Waals surface area contributed by atoms with Gasteiger partial charge < -0.3 is 10.1 Å². The molecule has 0 saturated heterocycles. The minimum Gasteiger partial charge on any atom is -0.464 e. The maximum absolute atomic E-state index is 11.4. The number of esters is 1. The van der Waals surface area contributed by atoms with Crippen molar-refractivity contribution in [3.05, 3.63) is 29.8 Å². The Morgan fingerprint density at radius 1 is 1.53 bits per heavy atom. The number of carbonyl (C=O) groups is 1. The fraction of sp³-hybridized carbons (Fsp3) is 0.364. The number of para-hydroxylation sites is 1. The molecule has 3 nitrogen and oxygen atoms in total. The van der Waals surface area contributed by atoms with Crippen LogP contribution in [0.1, 0.15) is 12.5 Å². The van der Waals surface area contributed by atoms with E-state index in [0.717, 1.165) is 12.1 Å². The number of halogens is 1. The third-order valence-corrected chi connectivity index (χ3v) is 2.34. The molecular weight excluding hydrogens is 214 g/mol. The van der Waals surface area contributed by atoms with Gasteiger partial charge in [0, 0.05) is 12.1 Å². The zero-order chi connectivity index (χ0) is 9.97. The third kappa shape index (κ3) is 2.42. The van der Waals surface area contributed by atoms with Crippen molar-refractivity contribution in [2.24, 2.45) is 0 Å². The molecule has 4 heteroatoms. The van der Waals surface area contributed by atoms with Gasteiger partial charge in [-0.2, -0.15) is 0 Å². The normalized spacial score (nSPS) is 17.3. The molecule has 15 heavy (non-hydrogen) atoms. The lowest BCUT2D eigenvalue weighted by atomic mass is 10.1. The number of hydrogen-bond donors (Lipinski definition) is 1. The molecule has 0 unspecified atom stereocenters. The molecule has 1 N–H and O–H groups in total. The molecule has 0 bridgehead atoms. The van der Waals surface area contributed by atoms with Gasteiger partial charge in [-0.05, 0) is 18.6 Å². The predicted octanol–water partition coefficient (Wildman–Crippen LogP) is 2.01. The lowest BCUT2D eigenvalue weighted by Crippen LogP contribution is -2.28. The van der Waals surface area contributed by atoms with E-state index in [2.05, 4.69) is 5.32 Å². The average Bonchev–Trinajstić information content (AvgIpc) is 2.61. The molecule has 1 aromatic rings. The molecule has 0 saturated carbocycles. The van der Waals surface area contributed by atoms with Gasteiger partial charge in [-0.3, -0.25) is 0 Å². The Morgan fingerprint density at radius 2 is 2.27 bits per heavy atom. The number of carbonyl (C=O) groups excluding carboxylic acids is 1. The smallest absolute Gasteiger partial charge is 0.328 e. The molecule has 1 aliphatic heterocycles. The minimum absolute atomic E-state index is 0. The van der Waals surface area contributed by atoms with Crippen molar-refractivity contribution in [3.63, 3.8) is 0 Å². The lowest BCUT2D eigenvalue weighted by molar-refractivity contribution is -0.143. The van der Waals surface area contributed by atoms with E-state index < -0.39 is 0 Å². The fourth-order valence-electron chi connectivity index (χ4n) is 1.68. The molecule has 0 radical (unpaired) electrons. The van der Waals surface area contributed by atoms with E-state index in [1.807, 2.05) is 31.2 Å². The zero-order valence-electron chi connectivity index (χ0n) is 8.53. The molecule has 0 fully saturated rings. The summed E-state index contributed by atoms with van der Waals surface area (Å²) in [4.78, 5) is 11.4. The quantitative estimate of drug-likeness (QED) is 0.786. The van der Waals surface area contributed by atoms with E-state index >= 15 is 0 Å². The summed E-state index contributed by atoms with van der Waals surface area (Å²) in [5.41, 5.74) is 2.23. The van der Waals surface area contributed by atoms with E-state index in [0.29, 0.717) is 6.61 Å². The van der Waals surface area contributed by atoms with Gasteiger partial charge in [0.15, 0.2) is 0 Å². The molecule has 1 atom stereocenters. The summed E-state index contributed by atoms with van der Waals surface area (Å²) in [6, 6.07) is 7.75. The molecule has 0 amide bonds. The third-order valence-electron chi connectivity index (χ3n) is 2.34. The van der Waals surface area contributed by atoms with Gasteiger partial charge in [-0.15, -0.1) is 12.4 Å². The summed E-state index contributed by atoms with van der Waals surface area (Å²) >= 11 is 0. The monoisotopic (exact) mass is 227 g/mol. The first-order valence-electron chi connectivity index (χ1n) is 4.82. The van der Waals surface area contributed by atoms with E-state index in [9.17, 15) is 4.79 Å². The largest absolute Gasteiger partial charge is 0.464 e. The molecule has 82 valence electrons. The molecule has 1 aliphatic rings. The van der Waals surface area contributed by atoms with Crippen molar-refractivity contribution < 1.29 is 9.53 Å². The van der Waals surface area contributed by atoms with Crippen molar-refractivity contribution in [3.8, 4) is 0 Å². The number of rotatable bonds is 2. The number of anilines is 1. The first-order chi connectivity index (χ1) is 6.81. The second kappa shape index (κ2) is 5.03. The highest BCUT2D eigenvalue weighted by molar-refractivity contribution is 5.85. The van der Waals surface area contributed by atoms with Crippen molar-refractivity contribution in [2.45, 2.75) is 19.4 Å². The number of benzene rings is 1. The Balaban J connectivity index is 0.00000112. The first-order valence-corrected chi connectivity index (χ1v) is 4.82. The Hall–Kier alpha value is -1.22. The fourth-order valence-corrected chi connectivity index (χ4v) is 1.68. The van der Waals surface area contributed by atoms with Crippen molar-refractivity contribution in [1.82, 2.24) is 0 Å². The van der Waals surface area contributed by atoms with Crippen LogP contribution in [-0.4, -0.2) is 18.6 Å². The minimum atomic E-state index is -0.202. The highest BCUT2D eigenvalue weighted by atomic mass is 35.5. The summed E-state index contributed by atoms with van der Waals surface area (Å²) in [5, 5.41) is 3.14. The Bertz CT molecular complexity index is 329. The van der Waals surface area contributed by atoms with Crippen molar-refractivity contribution >= 4 is 24.1 Å². The summed E-state index contributed by atoms with van der Waals surface area (Å²) in [7, 11) is 0. The maximum Gasteiger partial charge on any atom is 0.328 e. The second-order valence-corrected chi connectivity index (χ2v) is 3.31. The van der Waals surface area contributed by atoms with Crippen LogP contribution in [0.4, 0.5) is 5.69 Å². The summed E-state index contributed by atoms with van der Waals surface area (Å²) in [5.74, 6) is -0.163. The van der Waals surface area contributed by atoms with E-state index in [4.69, 9.17) is 4.74 Å². The summed E-state index contributed by atoms with van der Waals surface area (Å²) < 4.78 is 4.96. The van der Waals surface area contributed by atoms with Gasteiger partial charge in [0.25, 0.3) is 0 Å². The molecule has 1 heterocycles. The summed E-state index contributed by atoms with van der Waals surface area (Å²) in [6.45, 7) is 2.26. The van der Waals surface area contributed by atoms with Crippen LogP contribution >= 0.6 is 12.4 Å². The van der Waals surface area contributed by atoms with Gasteiger partial charge in [0.2, 0.25) is 0 Å². The maximum atomic E-state index is 11.4.